The Labute approximate surface area is 99.4 Å². The van der Waals surface area contributed by atoms with Gasteiger partial charge in [0, 0.05) is 18.7 Å². The molecule has 5 nitrogen and oxygen atoms in total. The van der Waals surface area contributed by atoms with Crippen molar-refractivity contribution < 1.29 is 9.59 Å². The zero-order valence-corrected chi connectivity index (χ0v) is 9.40. The first-order chi connectivity index (χ1) is 8.19. The molecule has 0 saturated carbocycles. The molecule has 1 aliphatic heterocycles. The maximum atomic E-state index is 11.5. The Morgan fingerprint density at radius 3 is 2.59 bits per heavy atom. The number of carbonyl (C=O) groups is 2. The minimum atomic E-state index is -0.337. The lowest BCUT2D eigenvalue weighted by Gasteiger charge is -2.22. The Bertz CT molecular complexity index is 428. The van der Waals surface area contributed by atoms with Crippen LogP contribution in [-0.2, 0) is 16.1 Å². The quantitative estimate of drug-likeness (QED) is 0.658. The Morgan fingerprint density at radius 1 is 1.29 bits per heavy atom. The van der Waals surface area contributed by atoms with Crippen molar-refractivity contribution in [1.29, 1.82) is 0 Å². The van der Waals surface area contributed by atoms with Gasteiger partial charge >= 0.3 is 0 Å². The first-order valence-electron chi connectivity index (χ1n) is 5.58. The molecule has 1 atom stereocenters. The van der Waals surface area contributed by atoms with Crippen molar-refractivity contribution in [1.82, 2.24) is 5.32 Å². The zero-order chi connectivity index (χ0) is 12.3. The lowest BCUT2D eigenvalue weighted by molar-refractivity contribution is -0.133. The monoisotopic (exact) mass is 233 g/mol. The normalized spacial score (nSPS) is 19.9. The summed E-state index contributed by atoms with van der Waals surface area (Å²) in [5.74, 6) is -0.462. The summed E-state index contributed by atoms with van der Waals surface area (Å²) >= 11 is 0. The highest BCUT2D eigenvalue weighted by Crippen LogP contribution is 2.14. The van der Waals surface area contributed by atoms with Crippen molar-refractivity contribution in [3.8, 4) is 0 Å². The van der Waals surface area contributed by atoms with Crippen molar-refractivity contribution in [3.05, 3.63) is 29.8 Å². The van der Waals surface area contributed by atoms with Crippen LogP contribution >= 0.6 is 0 Å². The summed E-state index contributed by atoms with van der Waals surface area (Å²) in [5.41, 5.74) is 7.40. The molecule has 0 aliphatic carbocycles. The van der Waals surface area contributed by atoms with Gasteiger partial charge in [0.2, 0.25) is 11.8 Å². The zero-order valence-electron chi connectivity index (χ0n) is 9.40. The molecule has 1 fully saturated rings. The molecule has 17 heavy (non-hydrogen) atoms. The molecular weight excluding hydrogens is 218 g/mol. The van der Waals surface area contributed by atoms with Gasteiger partial charge in [-0.05, 0) is 24.1 Å². The maximum absolute atomic E-state index is 11.5. The average Bonchev–Trinajstić information content (AvgIpc) is 2.34. The van der Waals surface area contributed by atoms with Crippen LogP contribution in [0, 0.1) is 0 Å². The SMILES string of the molecule is NCc1ccc(NC2CCC(=O)NC2=O)cc1. The molecule has 5 heteroatoms. The van der Waals surface area contributed by atoms with E-state index in [2.05, 4.69) is 10.6 Å². The first-order valence-corrected chi connectivity index (χ1v) is 5.58. The highest BCUT2D eigenvalue weighted by Gasteiger charge is 2.26. The van der Waals surface area contributed by atoms with E-state index in [0.29, 0.717) is 19.4 Å². The summed E-state index contributed by atoms with van der Waals surface area (Å²) in [4.78, 5) is 22.5. The summed E-state index contributed by atoms with van der Waals surface area (Å²) in [6.45, 7) is 0.499. The third-order valence-electron chi connectivity index (χ3n) is 2.77. The van der Waals surface area contributed by atoms with Crippen LogP contribution in [0.25, 0.3) is 0 Å². The third-order valence-corrected chi connectivity index (χ3v) is 2.77. The summed E-state index contributed by atoms with van der Waals surface area (Å²) in [7, 11) is 0. The predicted molar refractivity (Wildman–Crippen MR) is 64.1 cm³/mol. The molecular formula is C12H15N3O2. The lowest BCUT2D eigenvalue weighted by Crippen LogP contribution is -2.47. The van der Waals surface area contributed by atoms with E-state index in [4.69, 9.17) is 5.73 Å². The van der Waals surface area contributed by atoms with Crippen molar-refractivity contribution in [2.24, 2.45) is 5.73 Å². The maximum Gasteiger partial charge on any atom is 0.249 e. The number of piperidine rings is 1. The molecule has 1 heterocycles. The fourth-order valence-corrected chi connectivity index (χ4v) is 1.77. The van der Waals surface area contributed by atoms with Crippen LogP contribution in [0.2, 0.25) is 0 Å². The molecule has 1 saturated heterocycles. The summed E-state index contributed by atoms with van der Waals surface area (Å²) in [6.07, 6.45) is 0.910. The van der Waals surface area contributed by atoms with E-state index in [1.54, 1.807) is 0 Å². The van der Waals surface area contributed by atoms with E-state index in [0.717, 1.165) is 11.3 Å². The first kappa shape index (κ1) is 11.6. The van der Waals surface area contributed by atoms with Gasteiger partial charge in [0.1, 0.15) is 6.04 Å². The molecule has 90 valence electrons. The van der Waals surface area contributed by atoms with Crippen molar-refractivity contribution >= 4 is 17.5 Å². The summed E-state index contributed by atoms with van der Waals surface area (Å²) in [5, 5.41) is 5.41. The van der Waals surface area contributed by atoms with Crippen LogP contribution in [0.4, 0.5) is 5.69 Å². The topological polar surface area (TPSA) is 84.2 Å². The number of rotatable bonds is 3. The Balaban J connectivity index is 2.00. The van der Waals surface area contributed by atoms with Crippen molar-refractivity contribution in [2.45, 2.75) is 25.4 Å². The molecule has 0 bridgehead atoms. The number of nitrogens with one attached hydrogen (secondary N) is 2. The number of hydrogen-bond acceptors (Lipinski definition) is 4. The fourth-order valence-electron chi connectivity index (χ4n) is 1.77. The number of carbonyl (C=O) groups excluding carboxylic acids is 2. The molecule has 1 aromatic carbocycles. The lowest BCUT2D eigenvalue weighted by atomic mass is 10.1. The van der Waals surface area contributed by atoms with Gasteiger partial charge in [0.15, 0.2) is 0 Å². The number of anilines is 1. The molecule has 1 aliphatic rings. The average molecular weight is 233 g/mol. The Kier molecular flexibility index (Phi) is 3.39. The van der Waals surface area contributed by atoms with Gasteiger partial charge in [-0.2, -0.15) is 0 Å². The molecule has 2 rings (SSSR count). The third kappa shape index (κ3) is 2.82. The van der Waals surface area contributed by atoms with E-state index >= 15 is 0 Å². The van der Waals surface area contributed by atoms with Gasteiger partial charge in [0.25, 0.3) is 0 Å². The number of nitrogens with two attached hydrogens (primary N) is 1. The molecule has 0 spiro atoms. The van der Waals surface area contributed by atoms with E-state index in [1.807, 2.05) is 24.3 Å². The molecule has 1 aromatic rings. The molecule has 1 unspecified atom stereocenters. The highest BCUT2D eigenvalue weighted by atomic mass is 16.2. The number of benzene rings is 1. The standard InChI is InChI=1S/C12H15N3O2/c13-7-8-1-3-9(4-2-8)14-10-5-6-11(16)15-12(10)17/h1-4,10,14H,5-7,13H2,(H,15,16,17). The van der Waals surface area contributed by atoms with E-state index in [1.165, 1.54) is 0 Å². The van der Waals surface area contributed by atoms with E-state index in [-0.39, 0.29) is 17.9 Å². The Morgan fingerprint density at radius 2 is 2.00 bits per heavy atom. The van der Waals surface area contributed by atoms with Gasteiger partial charge in [-0.25, -0.2) is 0 Å². The predicted octanol–water partition coefficient (Wildman–Crippen LogP) is 0.362. The highest BCUT2D eigenvalue weighted by molar-refractivity contribution is 6.01. The summed E-state index contributed by atoms with van der Waals surface area (Å²) in [6, 6.07) is 7.25. The van der Waals surface area contributed by atoms with Gasteiger partial charge in [0.05, 0.1) is 0 Å². The summed E-state index contributed by atoms with van der Waals surface area (Å²) < 4.78 is 0. The van der Waals surface area contributed by atoms with Gasteiger partial charge < -0.3 is 11.1 Å². The largest absolute Gasteiger partial charge is 0.374 e. The molecule has 4 N–H and O–H groups in total. The minimum absolute atomic E-state index is 0.202. The number of imide groups is 1. The van der Waals surface area contributed by atoms with Crippen molar-refractivity contribution in [3.63, 3.8) is 0 Å². The van der Waals surface area contributed by atoms with Gasteiger partial charge in [-0.1, -0.05) is 12.1 Å². The van der Waals surface area contributed by atoms with Crippen LogP contribution in [0.15, 0.2) is 24.3 Å². The van der Waals surface area contributed by atoms with Gasteiger partial charge in [-0.15, -0.1) is 0 Å². The van der Waals surface area contributed by atoms with Crippen LogP contribution in [-0.4, -0.2) is 17.9 Å². The number of amides is 2. The smallest absolute Gasteiger partial charge is 0.249 e. The molecule has 2 amide bonds. The fraction of sp³-hybridized carbons (Fsp3) is 0.333. The van der Waals surface area contributed by atoms with E-state index in [9.17, 15) is 9.59 Å². The van der Waals surface area contributed by atoms with Crippen LogP contribution in [0.5, 0.6) is 0 Å². The Hall–Kier alpha value is -1.88. The van der Waals surface area contributed by atoms with Crippen molar-refractivity contribution in [2.75, 3.05) is 5.32 Å². The molecule has 0 radical (unpaired) electrons. The second-order valence-electron chi connectivity index (χ2n) is 4.05. The van der Waals surface area contributed by atoms with E-state index < -0.39 is 0 Å². The second kappa shape index (κ2) is 4.97. The van der Waals surface area contributed by atoms with Crippen LogP contribution < -0.4 is 16.4 Å². The second-order valence-corrected chi connectivity index (χ2v) is 4.05. The van der Waals surface area contributed by atoms with Gasteiger partial charge in [-0.3, -0.25) is 14.9 Å². The minimum Gasteiger partial charge on any atom is -0.374 e. The van der Waals surface area contributed by atoms with Crippen LogP contribution in [0.3, 0.4) is 0 Å². The molecule has 0 aromatic heterocycles. The van der Waals surface area contributed by atoms with Crippen LogP contribution in [0.1, 0.15) is 18.4 Å². The number of hydrogen-bond donors (Lipinski definition) is 3.